The number of anilines is 1. The fraction of sp³-hybridized carbons (Fsp3) is 0.240. The number of aryl methyl sites for hydroxylation is 1. The van der Waals surface area contributed by atoms with Crippen molar-refractivity contribution in [3.63, 3.8) is 0 Å². The average molecular weight is 550 g/mol. The number of nitrogens with one attached hydrogen (secondary N) is 1. The average Bonchev–Trinajstić information content (AvgIpc) is 2.80. The van der Waals surface area contributed by atoms with Crippen molar-refractivity contribution in [3.05, 3.63) is 110 Å². The molecular weight excluding hydrogens is 527 g/mol. The van der Waals surface area contributed by atoms with Gasteiger partial charge in [-0.1, -0.05) is 82.2 Å². The summed E-state index contributed by atoms with van der Waals surface area (Å²) < 4.78 is 0.803. The maximum Gasteiger partial charge on any atom is 0.244 e. The van der Waals surface area contributed by atoms with Crippen molar-refractivity contribution in [2.75, 3.05) is 10.7 Å². The summed E-state index contributed by atoms with van der Waals surface area (Å²) in [7, 11) is 0. The standard InChI is InChI=1S/C24H21BrN2O3.CH2Cl2/c1-15-10-12-16(13-11-15)22(28)14-19-17-6-3-5-9-21(17)26-23(24(19)27(29)30)18-7-2-4-8-20(18)25;2-1-3/h2-13,19,23-24,26H,14H2,1H3;1H2/t19-,23+,24+;/m1./s1. The monoisotopic (exact) mass is 548 g/mol. The molecule has 3 aromatic carbocycles. The number of carbonyl (C=O) groups excluding carboxylic acids is 1. The SMILES string of the molecule is Cc1ccc(C(=O)C[C@@H]2c3ccccc3N[C@@H](c3ccccc3Br)[C@H]2[N+](=O)[O-])cc1.ClCCl. The van der Waals surface area contributed by atoms with Crippen LogP contribution in [0.3, 0.4) is 0 Å². The molecule has 172 valence electrons. The third-order valence-corrected chi connectivity index (χ3v) is 6.41. The Bertz CT molecular complexity index is 1120. The van der Waals surface area contributed by atoms with E-state index in [4.69, 9.17) is 23.2 Å². The quantitative estimate of drug-likeness (QED) is 0.156. The lowest BCUT2D eigenvalue weighted by Gasteiger charge is -2.36. The van der Waals surface area contributed by atoms with Gasteiger partial charge in [-0.15, -0.1) is 23.2 Å². The maximum absolute atomic E-state index is 13.1. The first-order valence-electron chi connectivity index (χ1n) is 10.3. The first-order chi connectivity index (χ1) is 15.9. The zero-order valence-corrected chi connectivity index (χ0v) is 21.0. The molecule has 5 nitrogen and oxygen atoms in total. The second-order valence-electron chi connectivity index (χ2n) is 7.71. The van der Waals surface area contributed by atoms with Gasteiger partial charge in [0.1, 0.15) is 6.04 Å². The Kier molecular flexibility index (Phi) is 8.89. The molecule has 1 aliphatic heterocycles. The highest BCUT2D eigenvalue weighted by Crippen LogP contribution is 2.45. The van der Waals surface area contributed by atoms with E-state index < -0.39 is 18.0 Å². The van der Waals surface area contributed by atoms with Crippen molar-refractivity contribution in [1.29, 1.82) is 0 Å². The molecule has 33 heavy (non-hydrogen) atoms. The molecule has 4 rings (SSSR count). The molecule has 0 saturated carbocycles. The van der Waals surface area contributed by atoms with Crippen molar-refractivity contribution in [2.24, 2.45) is 0 Å². The van der Waals surface area contributed by atoms with Crippen molar-refractivity contribution in [2.45, 2.75) is 31.3 Å². The summed E-state index contributed by atoms with van der Waals surface area (Å²) in [5, 5.41) is 15.8. The lowest BCUT2D eigenvalue weighted by atomic mass is 9.77. The van der Waals surface area contributed by atoms with E-state index in [-0.39, 0.29) is 22.5 Å². The molecule has 3 atom stereocenters. The fourth-order valence-electron chi connectivity index (χ4n) is 4.17. The van der Waals surface area contributed by atoms with E-state index in [2.05, 4.69) is 21.2 Å². The number of nitrogens with zero attached hydrogens (tertiary/aromatic N) is 1. The molecular formula is C25H23BrCl2N2O3. The molecule has 3 aromatic rings. The Morgan fingerprint density at radius 3 is 2.18 bits per heavy atom. The van der Waals surface area contributed by atoms with Gasteiger partial charge in [-0.3, -0.25) is 14.9 Å². The third-order valence-electron chi connectivity index (χ3n) is 5.69. The number of rotatable bonds is 5. The first kappa shape index (κ1) is 25.2. The van der Waals surface area contributed by atoms with Crippen molar-refractivity contribution in [3.8, 4) is 0 Å². The summed E-state index contributed by atoms with van der Waals surface area (Å²) in [6, 6.07) is 20.9. The Hall–Kier alpha value is -2.41. The van der Waals surface area contributed by atoms with E-state index in [0.717, 1.165) is 26.9 Å². The number of fused-ring (bicyclic) bond motifs is 1. The summed E-state index contributed by atoms with van der Waals surface area (Å²) in [5.74, 6) is -0.627. The Morgan fingerprint density at radius 2 is 1.58 bits per heavy atom. The molecule has 8 heteroatoms. The number of alkyl halides is 2. The lowest BCUT2D eigenvalue weighted by molar-refractivity contribution is -0.530. The molecule has 0 aliphatic carbocycles. The number of nitro groups is 1. The third kappa shape index (κ3) is 5.94. The van der Waals surface area contributed by atoms with Crippen LogP contribution in [0.5, 0.6) is 0 Å². The first-order valence-corrected chi connectivity index (χ1v) is 12.2. The summed E-state index contributed by atoms with van der Waals surface area (Å²) in [5.41, 5.74) is 4.09. The smallest absolute Gasteiger partial charge is 0.244 e. The molecule has 0 fully saturated rings. The predicted octanol–water partition coefficient (Wildman–Crippen LogP) is 7.35. The number of carbonyl (C=O) groups is 1. The van der Waals surface area contributed by atoms with Gasteiger partial charge in [-0.25, -0.2) is 0 Å². The molecule has 0 radical (unpaired) electrons. The number of benzene rings is 3. The minimum Gasteiger partial charge on any atom is -0.372 e. The van der Waals surface area contributed by atoms with Gasteiger partial charge >= 0.3 is 0 Å². The molecule has 0 bridgehead atoms. The van der Waals surface area contributed by atoms with Crippen LogP contribution in [0.15, 0.2) is 77.3 Å². The molecule has 1 aliphatic rings. The topological polar surface area (TPSA) is 72.2 Å². The largest absolute Gasteiger partial charge is 0.372 e. The van der Waals surface area contributed by atoms with E-state index in [1.807, 2.05) is 67.6 Å². The minimum atomic E-state index is -0.979. The van der Waals surface area contributed by atoms with Crippen molar-refractivity contribution < 1.29 is 9.72 Å². The van der Waals surface area contributed by atoms with Crippen LogP contribution in [-0.2, 0) is 0 Å². The Balaban J connectivity index is 0.000000968. The van der Waals surface area contributed by atoms with E-state index in [9.17, 15) is 14.9 Å². The van der Waals surface area contributed by atoms with Crippen LogP contribution in [0, 0.1) is 17.0 Å². The van der Waals surface area contributed by atoms with Crippen molar-refractivity contribution in [1.82, 2.24) is 0 Å². The van der Waals surface area contributed by atoms with Crippen LogP contribution in [-0.4, -0.2) is 22.1 Å². The van der Waals surface area contributed by atoms with Gasteiger partial charge in [0.15, 0.2) is 5.78 Å². The van der Waals surface area contributed by atoms with Gasteiger partial charge < -0.3 is 5.32 Å². The van der Waals surface area contributed by atoms with E-state index in [0.29, 0.717) is 5.56 Å². The molecule has 1 N–H and O–H groups in total. The predicted molar refractivity (Wildman–Crippen MR) is 137 cm³/mol. The lowest BCUT2D eigenvalue weighted by Crippen LogP contribution is -2.42. The van der Waals surface area contributed by atoms with Gasteiger partial charge in [-0.05, 0) is 30.2 Å². The maximum atomic E-state index is 13.1. The highest BCUT2D eigenvalue weighted by atomic mass is 79.9. The second-order valence-corrected chi connectivity index (χ2v) is 9.37. The van der Waals surface area contributed by atoms with Gasteiger partial charge in [0.05, 0.1) is 11.3 Å². The highest BCUT2D eigenvalue weighted by molar-refractivity contribution is 9.10. The number of para-hydroxylation sites is 1. The zero-order chi connectivity index (χ0) is 24.0. The number of ketones is 1. The number of hydrogen-bond donors (Lipinski definition) is 1. The van der Waals surface area contributed by atoms with Crippen LogP contribution in [0.25, 0.3) is 0 Å². The summed E-state index contributed by atoms with van der Waals surface area (Å²) in [6.07, 6.45) is 0.0777. The number of halogens is 3. The van der Waals surface area contributed by atoms with Gasteiger partial charge in [0, 0.05) is 27.1 Å². The van der Waals surface area contributed by atoms with Crippen LogP contribution in [0.4, 0.5) is 5.69 Å². The van der Waals surface area contributed by atoms with Gasteiger partial charge in [-0.2, -0.15) is 0 Å². The molecule has 1 heterocycles. The molecule has 0 spiro atoms. The highest BCUT2D eigenvalue weighted by Gasteiger charge is 2.46. The van der Waals surface area contributed by atoms with Gasteiger partial charge in [0.2, 0.25) is 6.04 Å². The van der Waals surface area contributed by atoms with Crippen LogP contribution >= 0.6 is 39.1 Å². The summed E-state index contributed by atoms with van der Waals surface area (Å²) in [4.78, 5) is 25.1. The van der Waals surface area contributed by atoms with Crippen molar-refractivity contribution >= 4 is 50.6 Å². The van der Waals surface area contributed by atoms with Crippen LogP contribution in [0.2, 0.25) is 0 Å². The molecule has 0 amide bonds. The molecule has 0 unspecified atom stereocenters. The van der Waals surface area contributed by atoms with E-state index in [1.54, 1.807) is 12.1 Å². The summed E-state index contributed by atoms with van der Waals surface area (Å²) in [6.45, 7) is 1.96. The normalized spacial score (nSPS) is 18.8. The summed E-state index contributed by atoms with van der Waals surface area (Å²) >= 11 is 13.1. The molecule has 0 saturated heterocycles. The zero-order valence-electron chi connectivity index (χ0n) is 17.9. The Morgan fingerprint density at radius 1 is 1.00 bits per heavy atom. The van der Waals surface area contributed by atoms with E-state index >= 15 is 0 Å². The van der Waals surface area contributed by atoms with Crippen LogP contribution < -0.4 is 5.32 Å². The van der Waals surface area contributed by atoms with Crippen LogP contribution in [0.1, 0.15) is 45.4 Å². The second kappa shape index (κ2) is 11.6. The van der Waals surface area contributed by atoms with E-state index in [1.165, 1.54) is 0 Å². The number of hydrogen-bond acceptors (Lipinski definition) is 4. The van der Waals surface area contributed by atoms with Gasteiger partial charge in [0.25, 0.3) is 0 Å². The number of Topliss-reactive ketones (excluding diaryl/α,β-unsaturated/α-hetero) is 1. The Labute approximate surface area is 211 Å². The molecule has 0 aromatic heterocycles. The minimum absolute atomic E-state index is 0.0777. The fourth-order valence-corrected chi connectivity index (χ4v) is 4.70.